The van der Waals surface area contributed by atoms with Crippen molar-refractivity contribution in [1.29, 1.82) is 0 Å². The van der Waals surface area contributed by atoms with Gasteiger partial charge < -0.3 is 15.1 Å². The van der Waals surface area contributed by atoms with E-state index in [9.17, 15) is 4.39 Å². The number of nitrogens with two attached hydrogens (primary N) is 1. The topological polar surface area (TPSA) is 42.4 Å². The molecule has 21 heavy (non-hydrogen) atoms. The summed E-state index contributed by atoms with van der Waals surface area (Å²) in [6.07, 6.45) is 0. The number of benzene rings is 2. The summed E-state index contributed by atoms with van der Waals surface area (Å²) in [6, 6.07) is 14.3. The molecular formula is C17H17FN2O. The van der Waals surface area contributed by atoms with Crippen molar-refractivity contribution in [2.24, 2.45) is 5.73 Å². The van der Waals surface area contributed by atoms with Gasteiger partial charge in [-0.05, 0) is 24.3 Å². The van der Waals surface area contributed by atoms with Crippen molar-refractivity contribution in [3.63, 3.8) is 0 Å². The number of furan rings is 1. The molecule has 1 heterocycles. The van der Waals surface area contributed by atoms with Gasteiger partial charge in [-0.2, -0.15) is 0 Å². The van der Waals surface area contributed by atoms with Crippen molar-refractivity contribution >= 4 is 16.7 Å². The summed E-state index contributed by atoms with van der Waals surface area (Å²) in [5.74, 6) is 0.577. The molecule has 4 heteroatoms. The van der Waals surface area contributed by atoms with E-state index in [4.69, 9.17) is 10.2 Å². The van der Waals surface area contributed by atoms with E-state index in [-0.39, 0.29) is 5.82 Å². The Kier molecular flexibility index (Phi) is 3.62. The van der Waals surface area contributed by atoms with Crippen LogP contribution in [0.1, 0.15) is 11.3 Å². The van der Waals surface area contributed by atoms with Crippen molar-refractivity contribution < 1.29 is 8.81 Å². The van der Waals surface area contributed by atoms with Crippen LogP contribution in [-0.4, -0.2) is 7.05 Å². The van der Waals surface area contributed by atoms with E-state index >= 15 is 0 Å². The van der Waals surface area contributed by atoms with Gasteiger partial charge in [0.05, 0.1) is 6.54 Å². The average molecular weight is 284 g/mol. The molecule has 3 rings (SSSR count). The summed E-state index contributed by atoms with van der Waals surface area (Å²) < 4.78 is 19.2. The van der Waals surface area contributed by atoms with Gasteiger partial charge in [-0.25, -0.2) is 4.39 Å². The lowest BCUT2D eigenvalue weighted by Crippen LogP contribution is -2.17. The molecule has 0 saturated heterocycles. The maximum atomic E-state index is 13.3. The van der Waals surface area contributed by atoms with E-state index < -0.39 is 0 Å². The molecule has 0 aliphatic rings. The van der Waals surface area contributed by atoms with Crippen LogP contribution in [0.5, 0.6) is 0 Å². The van der Waals surface area contributed by atoms with Crippen molar-refractivity contribution in [2.75, 3.05) is 11.9 Å². The van der Waals surface area contributed by atoms with Crippen LogP contribution >= 0.6 is 0 Å². The smallest absolute Gasteiger partial charge is 0.134 e. The molecule has 0 saturated carbocycles. The van der Waals surface area contributed by atoms with Gasteiger partial charge in [0.25, 0.3) is 0 Å². The first-order chi connectivity index (χ1) is 10.2. The van der Waals surface area contributed by atoms with Crippen molar-refractivity contribution in [3.05, 3.63) is 65.7 Å². The number of anilines is 1. The third kappa shape index (κ3) is 2.62. The number of nitrogens with zero attached hydrogens (tertiary/aromatic N) is 1. The highest BCUT2D eigenvalue weighted by Gasteiger charge is 2.14. The van der Waals surface area contributed by atoms with E-state index in [1.54, 1.807) is 6.07 Å². The summed E-state index contributed by atoms with van der Waals surface area (Å²) in [7, 11) is 1.91. The van der Waals surface area contributed by atoms with E-state index in [0.29, 0.717) is 13.1 Å². The maximum Gasteiger partial charge on any atom is 0.134 e. The van der Waals surface area contributed by atoms with Gasteiger partial charge >= 0.3 is 0 Å². The first-order valence-electron chi connectivity index (χ1n) is 6.85. The number of rotatable bonds is 4. The Bertz CT molecular complexity index is 766. The molecule has 0 radical (unpaired) electrons. The molecule has 2 N–H and O–H groups in total. The molecule has 2 aromatic carbocycles. The third-order valence-electron chi connectivity index (χ3n) is 3.62. The van der Waals surface area contributed by atoms with Crippen LogP contribution in [-0.2, 0) is 13.1 Å². The Hall–Kier alpha value is -2.33. The SMILES string of the molecule is CN(Cc1oc2ccccc2c1CN)c1cccc(F)c1. The summed E-state index contributed by atoms with van der Waals surface area (Å²) in [4.78, 5) is 1.94. The lowest BCUT2D eigenvalue weighted by Gasteiger charge is -2.18. The van der Waals surface area contributed by atoms with Gasteiger partial charge in [-0.3, -0.25) is 0 Å². The predicted octanol–water partition coefficient (Wildman–Crippen LogP) is 3.67. The highest BCUT2D eigenvalue weighted by molar-refractivity contribution is 5.82. The molecule has 0 bridgehead atoms. The fourth-order valence-electron chi connectivity index (χ4n) is 2.52. The minimum absolute atomic E-state index is 0.247. The van der Waals surface area contributed by atoms with Crippen LogP contribution < -0.4 is 10.6 Å². The van der Waals surface area contributed by atoms with Crippen LogP contribution in [0.4, 0.5) is 10.1 Å². The number of para-hydroxylation sites is 1. The molecule has 0 aliphatic heterocycles. The quantitative estimate of drug-likeness (QED) is 0.795. The second kappa shape index (κ2) is 5.58. The fourth-order valence-corrected chi connectivity index (χ4v) is 2.52. The summed E-state index contributed by atoms with van der Waals surface area (Å²) >= 11 is 0. The Morgan fingerprint density at radius 3 is 2.71 bits per heavy atom. The van der Waals surface area contributed by atoms with Gasteiger partial charge in [-0.1, -0.05) is 24.3 Å². The van der Waals surface area contributed by atoms with Crippen molar-refractivity contribution in [3.8, 4) is 0 Å². The third-order valence-corrected chi connectivity index (χ3v) is 3.62. The molecule has 0 atom stereocenters. The Morgan fingerprint density at radius 2 is 1.95 bits per heavy atom. The van der Waals surface area contributed by atoms with E-state index in [1.807, 2.05) is 42.3 Å². The Morgan fingerprint density at radius 1 is 1.14 bits per heavy atom. The summed E-state index contributed by atoms with van der Waals surface area (Å²) in [5.41, 5.74) is 8.51. The van der Waals surface area contributed by atoms with Gasteiger partial charge in [0.2, 0.25) is 0 Å². The zero-order chi connectivity index (χ0) is 14.8. The van der Waals surface area contributed by atoms with Crippen LogP contribution in [0.3, 0.4) is 0 Å². The first kappa shape index (κ1) is 13.6. The molecule has 3 aromatic rings. The Balaban J connectivity index is 1.94. The molecule has 0 amide bonds. The van der Waals surface area contributed by atoms with Crippen molar-refractivity contribution in [1.82, 2.24) is 0 Å². The average Bonchev–Trinajstić information content (AvgIpc) is 2.84. The first-order valence-corrected chi connectivity index (χ1v) is 6.85. The van der Waals surface area contributed by atoms with Crippen molar-refractivity contribution in [2.45, 2.75) is 13.1 Å². The lowest BCUT2D eigenvalue weighted by atomic mass is 10.1. The largest absolute Gasteiger partial charge is 0.459 e. The van der Waals surface area contributed by atoms with Crippen LogP contribution in [0.25, 0.3) is 11.0 Å². The molecule has 1 aromatic heterocycles. The number of hydrogen-bond acceptors (Lipinski definition) is 3. The predicted molar refractivity (Wildman–Crippen MR) is 82.6 cm³/mol. The highest BCUT2D eigenvalue weighted by Crippen LogP contribution is 2.27. The molecule has 0 unspecified atom stereocenters. The summed E-state index contributed by atoms with van der Waals surface area (Å²) in [5, 5.41) is 1.04. The standard InChI is InChI=1S/C17H17FN2O/c1-20(13-6-4-5-12(18)9-13)11-17-15(10-19)14-7-2-3-8-16(14)21-17/h2-9H,10-11,19H2,1H3. The second-order valence-corrected chi connectivity index (χ2v) is 5.04. The highest BCUT2D eigenvalue weighted by atomic mass is 19.1. The number of hydrogen-bond donors (Lipinski definition) is 1. The number of halogens is 1. The molecule has 0 aliphatic carbocycles. The van der Waals surface area contributed by atoms with Crippen LogP contribution in [0.15, 0.2) is 52.9 Å². The van der Waals surface area contributed by atoms with E-state index in [0.717, 1.165) is 28.0 Å². The second-order valence-electron chi connectivity index (χ2n) is 5.04. The fraction of sp³-hybridized carbons (Fsp3) is 0.176. The minimum atomic E-state index is -0.247. The normalized spacial score (nSPS) is 11.0. The monoisotopic (exact) mass is 284 g/mol. The van der Waals surface area contributed by atoms with Crippen LogP contribution in [0, 0.1) is 5.82 Å². The van der Waals surface area contributed by atoms with E-state index in [2.05, 4.69) is 0 Å². The minimum Gasteiger partial charge on any atom is -0.459 e. The maximum absolute atomic E-state index is 13.3. The zero-order valence-corrected chi connectivity index (χ0v) is 11.8. The molecule has 0 spiro atoms. The summed E-state index contributed by atoms with van der Waals surface area (Å²) in [6.45, 7) is 0.966. The lowest BCUT2D eigenvalue weighted by molar-refractivity contribution is 0.539. The van der Waals surface area contributed by atoms with Gasteiger partial charge in [0.1, 0.15) is 17.2 Å². The zero-order valence-electron chi connectivity index (χ0n) is 11.8. The van der Waals surface area contributed by atoms with E-state index in [1.165, 1.54) is 12.1 Å². The molecule has 3 nitrogen and oxygen atoms in total. The van der Waals surface area contributed by atoms with Crippen LogP contribution in [0.2, 0.25) is 0 Å². The number of fused-ring (bicyclic) bond motifs is 1. The molecule has 0 fully saturated rings. The molecule has 108 valence electrons. The van der Waals surface area contributed by atoms with Gasteiger partial charge in [0, 0.05) is 30.2 Å². The molecular weight excluding hydrogens is 267 g/mol. The van der Waals surface area contributed by atoms with Gasteiger partial charge in [-0.15, -0.1) is 0 Å². The Labute approximate surface area is 122 Å². The van der Waals surface area contributed by atoms with Gasteiger partial charge in [0.15, 0.2) is 0 Å².